The quantitative estimate of drug-likeness (QED) is 0.850. The number of hydrogen-bond donors (Lipinski definition) is 1. The van der Waals surface area contributed by atoms with Crippen molar-refractivity contribution < 1.29 is 14.3 Å². The van der Waals surface area contributed by atoms with E-state index < -0.39 is 6.10 Å². The van der Waals surface area contributed by atoms with Crippen molar-refractivity contribution in [2.24, 2.45) is 0 Å². The van der Waals surface area contributed by atoms with E-state index in [1.165, 1.54) is 6.92 Å². The van der Waals surface area contributed by atoms with E-state index in [0.717, 1.165) is 0 Å². The van der Waals surface area contributed by atoms with Crippen LogP contribution in [0.15, 0.2) is 48.5 Å². The van der Waals surface area contributed by atoms with Gasteiger partial charge in [-0.3, -0.25) is 9.59 Å². The van der Waals surface area contributed by atoms with Crippen LogP contribution < -0.4 is 10.1 Å². The highest BCUT2D eigenvalue weighted by Gasteiger charge is 2.16. The van der Waals surface area contributed by atoms with E-state index in [-0.39, 0.29) is 11.7 Å². The van der Waals surface area contributed by atoms with Crippen LogP contribution in [0, 0.1) is 0 Å². The molecule has 0 aliphatic rings. The third kappa shape index (κ3) is 4.09. The van der Waals surface area contributed by atoms with Crippen molar-refractivity contribution in [2.75, 3.05) is 5.32 Å². The summed E-state index contributed by atoms with van der Waals surface area (Å²) in [6.07, 6.45) is -0.721. The summed E-state index contributed by atoms with van der Waals surface area (Å²) < 4.78 is 5.55. The van der Waals surface area contributed by atoms with Gasteiger partial charge in [-0.25, -0.2) is 0 Å². The summed E-state index contributed by atoms with van der Waals surface area (Å²) >= 11 is 5.99. The Morgan fingerprint density at radius 2 is 1.86 bits per heavy atom. The summed E-state index contributed by atoms with van der Waals surface area (Å²) in [7, 11) is 0. The molecule has 0 saturated heterocycles. The minimum atomic E-state index is -0.721. The topological polar surface area (TPSA) is 55.4 Å². The van der Waals surface area contributed by atoms with Crippen molar-refractivity contribution in [3.05, 3.63) is 59.1 Å². The van der Waals surface area contributed by atoms with Crippen LogP contribution >= 0.6 is 11.6 Å². The average Bonchev–Trinajstić information content (AvgIpc) is 2.49. The third-order valence-corrected chi connectivity index (χ3v) is 3.36. The zero-order valence-corrected chi connectivity index (χ0v) is 13.1. The van der Waals surface area contributed by atoms with Crippen LogP contribution in [0.1, 0.15) is 24.2 Å². The Morgan fingerprint density at radius 1 is 1.14 bits per heavy atom. The zero-order valence-electron chi connectivity index (χ0n) is 12.3. The van der Waals surface area contributed by atoms with Crippen LogP contribution in [0.3, 0.4) is 0 Å². The maximum Gasteiger partial charge on any atom is 0.265 e. The Hall–Kier alpha value is -2.33. The van der Waals surface area contributed by atoms with Crippen molar-refractivity contribution in [3.63, 3.8) is 0 Å². The molecule has 0 aliphatic carbocycles. The standard InChI is InChI=1S/C17H16ClNO3/c1-11(20)13-6-5-7-14(10-13)19-17(21)12(2)22-16-9-4-3-8-15(16)18/h3-10,12H,1-2H3,(H,19,21)/t12-/m1/s1. The van der Waals surface area contributed by atoms with E-state index >= 15 is 0 Å². The second-order valence-corrected chi connectivity index (χ2v) is 5.22. The SMILES string of the molecule is CC(=O)c1cccc(NC(=O)[C@@H](C)Oc2ccccc2Cl)c1. The van der Waals surface area contributed by atoms with Crippen molar-refractivity contribution in [3.8, 4) is 5.75 Å². The lowest BCUT2D eigenvalue weighted by Gasteiger charge is -2.15. The molecule has 2 aromatic rings. The van der Waals surface area contributed by atoms with Crippen molar-refractivity contribution >= 4 is 29.0 Å². The molecule has 0 unspecified atom stereocenters. The molecule has 0 spiro atoms. The van der Waals surface area contributed by atoms with E-state index in [1.54, 1.807) is 55.5 Å². The van der Waals surface area contributed by atoms with Gasteiger partial charge >= 0.3 is 0 Å². The summed E-state index contributed by atoms with van der Waals surface area (Å²) in [5.74, 6) is 0.0707. The van der Waals surface area contributed by atoms with Gasteiger partial charge in [-0.15, -0.1) is 0 Å². The number of nitrogens with one attached hydrogen (secondary N) is 1. The molecule has 22 heavy (non-hydrogen) atoms. The number of ether oxygens (including phenoxy) is 1. The fraction of sp³-hybridized carbons (Fsp3) is 0.176. The monoisotopic (exact) mass is 317 g/mol. The Morgan fingerprint density at radius 3 is 2.55 bits per heavy atom. The number of rotatable bonds is 5. The molecule has 0 aliphatic heterocycles. The maximum absolute atomic E-state index is 12.1. The molecule has 2 aromatic carbocycles. The van der Waals surface area contributed by atoms with E-state index in [1.807, 2.05) is 0 Å². The van der Waals surface area contributed by atoms with Crippen molar-refractivity contribution in [1.82, 2.24) is 0 Å². The Labute approximate surface area is 134 Å². The number of amides is 1. The second-order valence-electron chi connectivity index (χ2n) is 4.82. The van der Waals surface area contributed by atoms with Crippen LogP contribution in [-0.4, -0.2) is 17.8 Å². The summed E-state index contributed by atoms with van der Waals surface area (Å²) in [4.78, 5) is 23.5. The average molecular weight is 318 g/mol. The number of ketones is 1. The van der Waals surface area contributed by atoms with Crippen LogP contribution in [0.5, 0.6) is 5.75 Å². The minimum absolute atomic E-state index is 0.0588. The highest BCUT2D eigenvalue weighted by atomic mass is 35.5. The van der Waals surface area contributed by atoms with Gasteiger partial charge in [0.15, 0.2) is 11.9 Å². The molecule has 4 nitrogen and oxygen atoms in total. The molecule has 2 rings (SSSR count). The van der Waals surface area contributed by atoms with Crippen molar-refractivity contribution in [2.45, 2.75) is 20.0 Å². The maximum atomic E-state index is 12.1. The molecule has 0 radical (unpaired) electrons. The smallest absolute Gasteiger partial charge is 0.265 e. The molecule has 5 heteroatoms. The summed E-state index contributed by atoms with van der Waals surface area (Å²) in [5.41, 5.74) is 1.09. The third-order valence-electron chi connectivity index (χ3n) is 3.05. The first-order valence-electron chi connectivity index (χ1n) is 6.80. The molecular weight excluding hydrogens is 302 g/mol. The Kier molecular flexibility index (Phi) is 5.17. The molecule has 1 N–H and O–H groups in total. The fourth-order valence-electron chi connectivity index (χ4n) is 1.84. The van der Waals surface area contributed by atoms with Crippen LogP contribution in [0.25, 0.3) is 0 Å². The largest absolute Gasteiger partial charge is 0.479 e. The molecule has 114 valence electrons. The van der Waals surface area contributed by atoms with Crippen LogP contribution in [0.4, 0.5) is 5.69 Å². The lowest BCUT2D eigenvalue weighted by molar-refractivity contribution is -0.122. The molecule has 0 saturated carbocycles. The van der Waals surface area contributed by atoms with E-state index in [9.17, 15) is 9.59 Å². The molecular formula is C17H16ClNO3. The summed E-state index contributed by atoms with van der Waals surface area (Å²) in [6, 6.07) is 13.7. The number of Topliss-reactive ketones (excluding diaryl/α,β-unsaturated/α-hetero) is 1. The zero-order chi connectivity index (χ0) is 16.1. The Bertz CT molecular complexity index is 700. The molecule has 0 aromatic heterocycles. The predicted octanol–water partition coefficient (Wildman–Crippen LogP) is 3.95. The minimum Gasteiger partial charge on any atom is -0.479 e. The Balaban J connectivity index is 2.04. The van der Waals surface area contributed by atoms with Gasteiger partial charge in [0.2, 0.25) is 0 Å². The molecule has 0 bridgehead atoms. The number of anilines is 1. The fourth-order valence-corrected chi connectivity index (χ4v) is 2.02. The number of halogens is 1. The van der Waals surface area contributed by atoms with E-state index in [4.69, 9.17) is 16.3 Å². The van der Waals surface area contributed by atoms with Gasteiger partial charge in [-0.2, -0.15) is 0 Å². The van der Waals surface area contributed by atoms with Gasteiger partial charge in [0, 0.05) is 11.3 Å². The first kappa shape index (κ1) is 16.0. The second kappa shape index (κ2) is 7.09. The summed E-state index contributed by atoms with van der Waals surface area (Å²) in [5, 5.41) is 3.16. The van der Waals surface area contributed by atoms with Gasteiger partial charge in [-0.1, -0.05) is 35.9 Å². The number of carbonyl (C=O) groups is 2. The lowest BCUT2D eigenvalue weighted by Crippen LogP contribution is -2.30. The lowest BCUT2D eigenvalue weighted by atomic mass is 10.1. The molecule has 1 amide bonds. The number of benzene rings is 2. The summed E-state index contributed by atoms with van der Waals surface area (Å²) in [6.45, 7) is 3.11. The normalized spacial score (nSPS) is 11.6. The molecule has 0 fully saturated rings. The van der Waals surface area contributed by atoms with E-state index in [2.05, 4.69) is 5.32 Å². The van der Waals surface area contributed by atoms with Gasteiger partial charge in [0.25, 0.3) is 5.91 Å². The van der Waals surface area contributed by atoms with Crippen molar-refractivity contribution in [1.29, 1.82) is 0 Å². The number of carbonyl (C=O) groups excluding carboxylic acids is 2. The van der Waals surface area contributed by atoms with Crippen LogP contribution in [-0.2, 0) is 4.79 Å². The van der Waals surface area contributed by atoms with Gasteiger partial charge < -0.3 is 10.1 Å². The van der Waals surface area contributed by atoms with Gasteiger partial charge in [0.1, 0.15) is 5.75 Å². The molecule has 0 heterocycles. The highest BCUT2D eigenvalue weighted by molar-refractivity contribution is 6.32. The van der Waals surface area contributed by atoms with Crippen LogP contribution in [0.2, 0.25) is 5.02 Å². The number of para-hydroxylation sites is 1. The molecule has 1 atom stereocenters. The highest BCUT2D eigenvalue weighted by Crippen LogP contribution is 2.24. The van der Waals surface area contributed by atoms with Gasteiger partial charge in [0.05, 0.1) is 5.02 Å². The first-order chi connectivity index (χ1) is 10.5. The number of hydrogen-bond acceptors (Lipinski definition) is 3. The van der Waals surface area contributed by atoms with Gasteiger partial charge in [-0.05, 0) is 38.1 Å². The predicted molar refractivity (Wildman–Crippen MR) is 86.6 cm³/mol. The first-order valence-corrected chi connectivity index (χ1v) is 7.18. The van der Waals surface area contributed by atoms with E-state index in [0.29, 0.717) is 22.0 Å².